The fourth-order valence-corrected chi connectivity index (χ4v) is 1.39. The number of aryl methyl sites for hydroxylation is 1. The van der Waals surface area contributed by atoms with Gasteiger partial charge >= 0.3 is 5.97 Å². The average molecular weight is 229 g/mol. The lowest BCUT2D eigenvalue weighted by Crippen LogP contribution is -2.03. The van der Waals surface area contributed by atoms with Crippen molar-refractivity contribution in [2.75, 3.05) is 5.32 Å². The molecule has 0 aliphatic carbocycles. The number of carbonyl (C=O) groups is 1. The molecule has 5 heteroatoms. The number of para-hydroxylation sites is 1. The van der Waals surface area contributed by atoms with Gasteiger partial charge < -0.3 is 10.4 Å². The Kier molecular flexibility index (Phi) is 3.00. The van der Waals surface area contributed by atoms with E-state index in [9.17, 15) is 4.79 Å². The number of aromatic nitrogens is 2. The molecular formula is C12H11N3O2. The number of nitrogens with zero attached hydrogens (tertiary/aromatic N) is 2. The second-order valence-electron chi connectivity index (χ2n) is 3.53. The number of hydrogen-bond acceptors (Lipinski definition) is 4. The van der Waals surface area contributed by atoms with Crippen molar-refractivity contribution in [3.05, 3.63) is 47.9 Å². The van der Waals surface area contributed by atoms with E-state index in [2.05, 4.69) is 15.3 Å². The maximum absolute atomic E-state index is 10.8. The van der Waals surface area contributed by atoms with Crippen LogP contribution < -0.4 is 5.32 Å². The number of hydrogen-bond donors (Lipinski definition) is 2. The zero-order chi connectivity index (χ0) is 12.3. The predicted molar refractivity (Wildman–Crippen MR) is 63.5 cm³/mol. The molecule has 1 aromatic carbocycles. The van der Waals surface area contributed by atoms with Crippen molar-refractivity contribution < 1.29 is 9.90 Å². The van der Waals surface area contributed by atoms with Crippen LogP contribution in [0.2, 0.25) is 0 Å². The Hall–Kier alpha value is -2.43. The van der Waals surface area contributed by atoms with Crippen molar-refractivity contribution in [3.8, 4) is 0 Å². The van der Waals surface area contributed by atoms with Crippen molar-refractivity contribution in [2.45, 2.75) is 6.92 Å². The average Bonchev–Trinajstić information content (AvgIpc) is 2.32. The molecule has 2 rings (SSSR count). The minimum absolute atomic E-state index is 0.0314. The Balaban J connectivity index is 2.28. The summed E-state index contributed by atoms with van der Waals surface area (Å²) in [7, 11) is 0. The standard InChI is InChI=1S/C12H11N3O2/c1-8-4-2-3-5-9(8)15-11-6-10(12(16)17)13-7-14-11/h2-7H,1H3,(H,16,17)(H,13,14,15). The maximum Gasteiger partial charge on any atom is 0.354 e. The summed E-state index contributed by atoms with van der Waals surface area (Å²) in [4.78, 5) is 18.4. The summed E-state index contributed by atoms with van der Waals surface area (Å²) < 4.78 is 0. The van der Waals surface area contributed by atoms with Crippen LogP contribution in [0, 0.1) is 6.92 Å². The minimum Gasteiger partial charge on any atom is -0.477 e. The van der Waals surface area contributed by atoms with Gasteiger partial charge in [0.05, 0.1) is 0 Å². The molecule has 86 valence electrons. The van der Waals surface area contributed by atoms with Gasteiger partial charge in [0.2, 0.25) is 0 Å². The summed E-state index contributed by atoms with van der Waals surface area (Å²) >= 11 is 0. The van der Waals surface area contributed by atoms with Crippen molar-refractivity contribution in [1.29, 1.82) is 0 Å². The first-order valence-corrected chi connectivity index (χ1v) is 5.05. The molecule has 1 heterocycles. The highest BCUT2D eigenvalue weighted by atomic mass is 16.4. The minimum atomic E-state index is -1.07. The fraction of sp³-hybridized carbons (Fsp3) is 0.0833. The molecular weight excluding hydrogens is 218 g/mol. The summed E-state index contributed by atoms with van der Waals surface area (Å²) in [6.07, 6.45) is 1.23. The summed E-state index contributed by atoms with van der Waals surface area (Å²) in [5.41, 5.74) is 1.92. The van der Waals surface area contributed by atoms with Crippen LogP contribution in [0.25, 0.3) is 0 Å². The van der Waals surface area contributed by atoms with E-state index in [1.54, 1.807) is 0 Å². The van der Waals surface area contributed by atoms with Gasteiger partial charge in [0.1, 0.15) is 12.1 Å². The molecule has 0 bridgehead atoms. The number of carboxylic acid groups (broad SMARTS) is 1. The van der Waals surface area contributed by atoms with Crippen LogP contribution in [0.5, 0.6) is 0 Å². The molecule has 17 heavy (non-hydrogen) atoms. The number of anilines is 2. The van der Waals surface area contributed by atoms with E-state index in [-0.39, 0.29) is 5.69 Å². The largest absolute Gasteiger partial charge is 0.477 e. The van der Waals surface area contributed by atoms with E-state index >= 15 is 0 Å². The molecule has 0 unspecified atom stereocenters. The molecule has 0 aliphatic heterocycles. The molecule has 2 aromatic rings. The molecule has 0 spiro atoms. The highest BCUT2D eigenvalue weighted by molar-refractivity contribution is 5.86. The van der Waals surface area contributed by atoms with Gasteiger partial charge in [0.15, 0.2) is 5.69 Å². The van der Waals surface area contributed by atoms with Crippen LogP contribution >= 0.6 is 0 Å². The van der Waals surface area contributed by atoms with E-state index in [4.69, 9.17) is 5.11 Å². The molecule has 0 radical (unpaired) electrons. The number of benzene rings is 1. The second-order valence-corrected chi connectivity index (χ2v) is 3.53. The molecule has 0 aliphatic rings. The Morgan fingerprint density at radius 1 is 1.29 bits per heavy atom. The quantitative estimate of drug-likeness (QED) is 0.844. The highest BCUT2D eigenvalue weighted by Gasteiger charge is 2.06. The summed E-state index contributed by atoms with van der Waals surface area (Å²) in [5.74, 6) is -0.605. The van der Waals surface area contributed by atoms with E-state index in [0.717, 1.165) is 11.3 Å². The highest BCUT2D eigenvalue weighted by Crippen LogP contribution is 2.18. The summed E-state index contributed by atoms with van der Waals surface area (Å²) in [6, 6.07) is 9.09. The van der Waals surface area contributed by atoms with E-state index < -0.39 is 5.97 Å². The number of aromatic carboxylic acids is 1. The zero-order valence-corrected chi connectivity index (χ0v) is 9.21. The van der Waals surface area contributed by atoms with Crippen LogP contribution in [0.1, 0.15) is 16.1 Å². The van der Waals surface area contributed by atoms with E-state index in [1.807, 2.05) is 31.2 Å². The first-order chi connectivity index (χ1) is 8.16. The Morgan fingerprint density at radius 2 is 2.06 bits per heavy atom. The lowest BCUT2D eigenvalue weighted by Gasteiger charge is -2.08. The SMILES string of the molecule is Cc1ccccc1Nc1cc(C(=O)O)ncn1. The van der Waals surface area contributed by atoms with E-state index in [1.165, 1.54) is 12.4 Å². The smallest absolute Gasteiger partial charge is 0.354 e. The van der Waals surface area contributed by atoms with E-state index in [0.29, 0.717) is 5.82 Å². The number of nitrogens with one attached hydrogen (secondary N) is 1. The van der Waals surface area contributed by atoms with Gasteiger partial charge in [-0.3, -0.25) is 0 Å². The molecule has 0 atom stereocenters. The van der Waals surface area contributed by atoms with Crippen LogP contribution in [0.3, 0.4) is 0 Å². The molecule has 0 fully saturated rings. The third-order valence-corrected chi connectivity index (χ3v) is 2.29. The van der Waals surface area contributed by atoms with Crippen molar-refractivity contribution in [1.82, 2.24) is 9.97 Å². The van der Waals surface area contributed by atoms with Gasteiger partial charge in [-0.1, -0.05) is 18.2 Å². The first kappa shape index (κ1) is 11.1. The van der Waals surface area contributed by atoms with Crippen molar-refractivity contribution in [3.63, 3.8) is 0 Å². The third-order valence-electron chi connectivity index (χ3n) is 2.29. The Labute approximate surface area is 98.2 Å². The van der Waals surface area contributed by atoms with Gasteiger partial charge in [-0.05, 0) is 18.6 Å². The van der Waals surface area contributed by atoms with Gasteiger partial charge in [-0.25, -0.2) is 14.8 Å². The lowest BCUT2D eigenvalue weighted by molar-refractivity contribution is 0.0690. The maximum atomic E-state index is 10.8. The monoisotopic (exact) mass is 229 g/mol. The number of carboxylic acids is 1. The fourth-order valence-electron chi connectivity index (χ4n) is 1.39. The number of rotatable bonds is 3. The Bertz CT molecular complexity index is 555. The van der Waals surface area contributed by atoms with Gasteiger partial charge in [0, 0.05) is 11.8 Å². The normalized spacial score (nSPS) is 9.94. The summed E-state index contributed by atoms with van der Waals surface area (Å²) in [5, 5.41) is 11.9. The van der Waals surface area contributed by atoms with Crippen LogP contribution in [0.4, 0.5) is 11.5 Å². The van der Waals surface area contributed by atoms with Crippen LogP contribution in [-0.4, -0.2) is 21.0 Å². The Morgan fingerprint density at radius 3 is 2.76 bits per heavy atom. The molecule has 1 aromatic heterocycles. The van der Waals surface area contributed by atoms with Gasteiger partial charge in [-0.15, -0.1) is 0 Å². The third kappa shape index (κ3) is 2.57. The first-order valence-electron chi connectivity index (χ1n) is 5.05. The topological polar surface area (TPSA) is 75.1 Å². The van der Waals surface area contributed by atoms with Crippen LogP contribution in [0.15, 0.2) is 36.7 Å². The van der Waals surface area contributed by atoms with Crippen molar-refractivity contribution in [2.24, 2.45) is 0 Å². The van der Waals surface area contributed by atoms with Gasteiger partial charge in [-0.2, -0.15) is 0 Å². The molecule has 0 saturated heterocycles. The second kappa shape index (κ2) is 4.61. The molecule has 5 nitrogen and oxygen atoms in total. The zero-order valence-electron chi connectivity index (χ0n) is 9.21. The predicted octanol–water partition coefficient (Wildman–Crippen LogP) is 2.23. The van der Waals surface area contributed by atoms with Gasteiger partial charge in [0.25, 0.3) is 0 Å². The van der Waals surface area contributed by atoms with Crippen molar-refractivity contribution >= 4 is 17.5 Å². The molecule has 2 N–H and O–H groups in total. The lowest BCUT2D eigenvalue weighted by atomic mass is 10.2. The molecule has 0 saturated carbocycles. The summed E-state index contributed by atoms with van der Waals surface area (Å²) in [6.45, 7) is 1.96. The molecule has 0 amide bonds. The van der Waals surface area contributed by atoms with Crippen LogP contribution in [-0.2, 0) is 0 Å².